The summed E-state index contributed by atoms with van der Waals surface area (Å²) in [7, 11) is 1.52. The molecule has 4 heteroatoms. The number of ether oxygens (including phenoxy) is 1. The van der Waals surface area contributed by atoms with Crippen molar-refractivity contribution in [3.63, 3.8) is 0 Å². The lowest BCUT2D eigenvalue weighted by molar-refractivity contribution is -0.146. The van der Waals surface area contributed by atoms with Crippen LogP contribution in [0.1, 0.15) is 0 Å². The Morgan fingerprint density at radius 3 is 3.44 bits per heavy atom. The van der Waals surface area contributed by atoms with Crippen molar-refractivity contribution in [1.29, 1.82) is 0 Å². The zero-order chi connectivity index (χ0) is 6.53. The summed E-state index contributed by atoms with van der Waals surface area (Å²) in [5.41, 5.74) is 2.52. The van der Waals surface area contributed by atoms with Crippen molar-refractivity contribution in [2.24, 2.45) is 4.99 Å². The number of allylic oxidation sites excluding steroid dienone is 1. The minimum Gasteiger partial charge on any atom is -0.336 e. The third kappa shape index (κ3) is 1.83. The van der Waals surface area contributed by atoms with Crippen LogP contribution in [-0.2, 0) is 9.57 Å². The van der Waals surface area contributed by atoms with Crippen LogP contribution in [0.2, 0.25) is 0 Å². The standard InChI is InChI=1S/C5H8N2O2/c1-8-5-6-3-2-4-7-9-5/h2-5,7H,1H3. The molecule has 1 unspecified atom stereocenters. The van der Waals surface area contributed by atoms with E-state index in [1.54, 1.807) is 18.5 Å². The second-order valence-corrected chi connectivity index (χ2v) is 1.44. The largest absolute Gasteiger partial charge is 0.336 e. The van der Waals surface area contributed by atoms with Crippen LogP contribution >= 0.6 is 0 Å². The van der Waals surface area contributed by atoms with Crippen molar-refractivity contribution in [3.8, 4) is 0 Å². The Bertz CT molecular complexity index is 133. The molecule has 1 rings (SSSR count). The zero-order valence-corrected chi connectivity index (χ0v) is 5.07. The first-order valence-corrected chi connectivity index (χ1v) is 2.56. The molecule has 1 aliphatic rings. The first-order chi connectivity index (χ1) is 4.43. The molecule has 0 aromatic rings. The summed E-state index contributed by atoms with van der Waals surface area (Å²) in [6.45, 7) is 0. The number of hydrogen-bond donors (Lipinski definition) is 1. The van der Waals surface area contributed by atoms with Gasteiger partial charge in [0.15, 0.2) is 0 Å². The molecule has 0 saturated heterocycles. The molecule has 0 aromatic heterocycles. The van der Waals surface area contributed by atoms with E-state index in [1.807, 2.05) is 0 Å². The normalized spacial score (nSPS) is 25.2. The topological polar surface area (TPSA) is 42.8 Å². The van der Waals surface area contributed by atoms with Gasteiger partial charge < -0.3 is 4.74 Å². The Labute approximate surface area is 53.1 Å². The molecule has 0 aliphatic carbocycles. The number of methoxy groups -OCH3 is 1. The predicted molar refractivity (Wildman–Crippen MR) is 32.6 cm³/mol. The Balaban J connectivity index is 2.41. The van der Waals surface area contributed by atoms with E-state index in [1.165, 1.54) is 7.11 Å². The van der Waals surface area contributed by atoms with Crippen LogP contribution in [-0.4, -0.2) is 19.7 Å². The molecule has 0 bridgehead atoms. The zero-order valence-electron chi connectivity index (χ0n) is 5.07. The molecule has 0 fully saturated rings. The van der Waals surface area contributed by atoms with Crippen LogP contribution in [0.4, 0.5) is 0 Å². The van der Waals surface area contributed by atoms with Crippen molar-refractivity contribution in [2.45, 2.75) is 6.41 Å². The lowest BCUT2D eigenvalue weighted by Crippen LogP contribution is -2.18. The first kappa shape index (κ1) is 6.25. The lowest BCUT2D eigenvalue weighted by Gasteiger charge is -2.06. The highest BCUT2D eigenvalue weighted by molar-refractivity contribution is 5.70. The highest BCUT2D eigenvalue weighted by atomic mass is 16.8. The summed E-state index contributed by atoms with van der Waals surface area (Å²) in [5, 5.41) is 0. The van der Waals surface area contributed by atoms with Gasteiger partial charge in [0.05, 0.1) is 0 Å². The third-order valence-electron chi connectivity index (χ3n) is 0.829. The van der Waals surface area contributed by atoms with Crippen LogP contribution in [0.5, 0.6) is 0 Å². The molecule has 0 spiro atoms. The fraction of sp³-hybridized carbons (Fsp3) is 0.400. The predicted octanol–water partition coefficient (Wildman–Crippen LogP) is 0.0357. The van der Waals surface area contributed by atoms with E-state index in [0.717, 1.165) is 0 Å². The smallest absolute Gasteiger partial charge is 0.280 e. The molecule has 0 saturated carbocycles. The summed E-state index contributed by atoms with van der Waals surface area (Å²) in [5.74, 6) is 0. The highest BCUT2D eigenvalue weighted by Gasteiger charge is 2.01. The fourth-order valence-corrected chi connectivity index (χ4v) is 0.439. The van der Waals surface area contributed by atoms with Gasteiger partial charge in [0, 0.05) is 19.5 Å². The van der Waals surface area contributed by atoms with Crippen LogP contribution in [0, 0.1) is 0 Å². The molecule has 1 N–H and O–H groups in total. The van der Waals surface area contributed by atoms with Crippen LogP contribution in [0.25, 0.3) is 0 Å². The molecular weight excluding hydrogens is 120 g/mol. The maximum absolute atomic E-state index is 4.80. The average Bonchev–Trinajstić information content (AvgIpc) is 2.13. The van der Waals surface area contributed by atoms with Gasteiger partial charge in [-0.2, -0.15) is 0 Å². The number of nitrogens with zero attached hydrogens (tertiary/aromatic N) is 1. The number of aliphatic imine (C=N–C) groups is 1. The molecule has 1 atom stereocenters. The van der Waals surface area contributed by atoms with E-state index in [-0.39, 0.29) is 0 Å². The molecule has 1 aliphatic heterocycles. The second-order valence-electron chi connectivity index (χ2n) is 1.44. The van der Waals surface area contributed by atoms with E-state index >= 15 is 0 Å². The van der Waals surface area contributed by atoms with Crippen LogP contribution in [0.3, 0.4) is 0 Å². The molecule has 4 nitrogen and oxygen atoms in total. The fourth-order valence-electron chi connectivity index (χ4n) is 0.439. The van der Waals surface area contributed by atoms with Gasteiger partial charge in [-0.15, -0.1) is 0 Å². The Morgan fingerprint density at radius 2 is 2.67 bits per heavy atom. The number of nitrogens with one attached hydrogen (secondary N) is 1. The van der Waals surface area contributed by atoms with E-state index in [9.17, 15) is 0 Å². The monoisotopic (exact) mass is 128 g/mol. The molecule has 0 amide bonds. The Kier molecular flexibility index (Phi) is 2.23. The second kappa shape index (κ2) is 3.21. The van der Waals surface area contributed by atoms with Gasteiger partial charge in [-0.05, 0) is 6.08 Å². The average molecular weight is 128 g/mol. The molecule has 1 heterocycles. The quantitative estimate of drug-likeness (QED) is 0.542. The summed E-state index contributed by atoms with van der Waals surface area (Å²) >= 11 is 0. The van der Waals surface area contributed by atoms with E-state index in [4.69, 9.17) is 9.57 Å². The molecular formula is C5H8N2O2. The highest BCUT2D eigenvalue weighted by Crippen LogP contribution is 1.92. The molecule has 50 valence electrons. The van der Waals surface area contributed by atoms with Gasteiger partial charge in [-0.1, -0.05) is 0 Å². The van der Waals surface area contributed by atoms with Gasteiger partial charge >= 0.3 is 0 Å². The SMILES string of the molecule is COC1N=CC=CNO1. The minimum atomic E-state index is -0.528. The summed E-state index contributed by atoms with van der Waals surface area (Å²) in [6.07, 6.45) is 4.43. The summed E-state index contributed by atoms with van der Waals surface area (Å²) in [4.78, 5) is 8.62. The molecule has 0 aromatic carbocycles. The third-order valence-corrected chi connectivity index (χ3v) is 0.829. The van der Waals surface area contributed by atoms with E-state index < -0.39 is 6.41 Å². The minimum absolute atomic E-state index is 0.528. The van der Waals surface area contributed by atoms with Crippen molar-refractivity contribution >= 4 is 6.21 Å². The molecule has 9 heavy (non-hydrogen) atoms. The van der Waals surface area contributed by atoms with E-state index in [0.29, 0.717) is 0 Å². The first-order valence-electron chi connectivity index (χ1n) is 2.56. The van der Waals surface area contributed by atoms with Gasteiger partial charge in [-0.25, -0.2) is 9.83 Å². The van der Waals surface area contributed by atoms with Gasteiger partial charge in [0.1, 0.15) is 0 Å². The van der Waals surface area contributed by atoms with Crippen molar-refractivity contribution in [3.05, 3.63) is 12.3 Å². The van der Waals surface area contributed by atoms with Crippen molar-refractivity contribution in [1.82, 2.24) is 5.48 Å². The van der Waals surface area contributed by atoms with E-state index in [2.05, 4.69) is 10.5 Å². The van der Waals surface area contributed by atoms with Gasteiger partial charge in [0.25, 0.3) is 6.41 Å². The molecule has 0 radical (unpaired) electrons. The van der Waals surface area contributed by atoms with Gasteiger partial charge in [-0.3, -0.25) is 5.48 Å². The maximum atomic E-state index is 4.80. The van der Waals surface area contributed by atoms with Crippen LogP contribution in [0.15, 0.2) is 17.3 Å². The Hall–Kier alpha value is -0.870. The van der Waals surface area contributed by atoms with Crippen molar-refractivity contribution in [2.75, 3.05) is 7.11 Å². The van der Waals surface area contributed by atoms with Crippen molar-refractivity contribution < 1.29 is 9.57 Å². The lowest BCUT2D eigenvalue weighted by atomic mass is 10.7. The number of hydroxylamine groups is 1. The summed E-state index contributed by atoms with van der Waals surface area (Å²) in [6, 6.07) is 0. The van der Waals surface area contributed by atoms with Crippen LogP contribution < -0.4 is 5.48 Å². The maximum Gasteiger partial charge on any atom is 0.280 e. The number of rotatable bonds is 1. The Morgan fingerprint density at radius 1 is 1.78 bits per heavy atom. The van der Waals surface area contributed by atoms with Gasteiger partial charge in [0.2, 0.25) is 0 Å². The number of hydrogen-bond acceptors (Lipinski definition) is 4. The summed E-state index contributed by atoms with van der Waals surface area (Å²) < 4.78 is 4.75.